The van der Waals surface area contributed by atoms with Gasteiger partial charge in [-0.1, -0.05) is 30.2 Å². The maximum absolute atomic E-state index is 14.5. The molecule has 7 rings (SSSR count). The molecule has 4 heterocycles. The van der Waals surface area contributed by atoms with Crippen LogP contribution in [0, 0.1) is 18.7 Å². The van der Waals surface area contributed by atoms with Gasteiger partial charge >= 0.3 is 6.18 Å². The number of sulfonamides is 1. The lowest BCUT2D eigenvalue weighted by atomic mass is 9.65. The summed E-state index contributed by atoms with van der Waals surface area (Å²) in [6.07, 6.45) is 0.545. The zero-order valence-electron chi connectivity index (χ0n) is 30.1. The van der Waals surface area contributed by atoms with E-state index in [1.807, 2.05) is 6.08 Å². The number of halogens is 4. The number of nitrogens with one attached hydrogen (secondary N) is 3. The summed E-state index contributed by atoms with van der Waals surface area (Å²) in [4.78, 5) is 64.6. The molecular weight excluding hydrogens is 766 g/mol. The molecule has 4 amide bonds. The molecule has 1 aromatic carbocycles. The Balaban J connectivity index is 1.24. The van der Waals surface area contributed by atoms with Crippen molar-refractivity contribution in [2.24, 2.45) is 5.92 Å². The molecule has 0 bridgehead atoms. The second-order valence-corrected chi connectivity index (χ2v) is 16.6. The minimum Gasteiger partial charge on any atom is -0.471 e. The number of hydrogen-bond donors (Lipinski definition) is 3. The van der Waals surface area contributed by atoms with Gasteiger partial charge in [-0.25, -0.2) is 22.8 Å². The molecule has 15 nitrogen and oxygen atoms in total. The summed E-state index contributed by atoms with van der Waals surface area (Å²) in [6.45, 7) is 1.10. The van der Waals surface area contributed by atoms with Gasteiger partial charge in [0.05, 0.1) is 22.8 Å². The highest BCUT2D eigenvalue weighted by atomic mass is 32.2. The maximum Gasteiger partial charge on any atom is 0.438 e. The highest BCUT2D eigenvalue weighted by Gasteiger charge is 2.56. The topological polar surface area (TPSA) is 203 Å². The van der Waals surface area contributed by atoms with Gasteiger partial charge in [0.2, 0.25) is 33.4 Å². The van der Waals surface area contributed by atoms with Crippen molar-refractivity contribution in [3.05, 3.63) is 59.4 Å². The Hall–Kier alpha value is -5.14. The summed E-state index contributed by atoms with van der Waals surface area (Å²) < 4.78 is 95.6. The third-order valence-corrected chi connectivity index (χ3v) is 12.4. The molecule has 5 unspecified atom stereocenters. The summed E-state index contributed by atoms with van der Waals surface area (Å²) in [6, 6.07) is 1.51. The minimum atomic E-state index is -5.07. The van der Waals surface area contributed by atoms with Crippen LogP contribution in [0.25, 0.3) is 11.0 Å². The van der Waals surface area contributed by atoms with Gasteiger partial charge in [-0.2, -0.15) is 13.2 Å². The number of carbonyl (C=O) groups excluding carboxylic acids is 4. The number of allylic oxidation sites excluding steroid dienone is 1. The predicted octanol–water partition coefficient (Wildman–Crippen LogP) is 3.62. The van der Waals surface area contributed by atoms with Gasteiger partial charge in [-0.05, 0) is 64.0 Å². The fourth-order valence-electron chi connectivity index (χ4n) is 7.36. The van der Waals surface area contributed by atoms with E-state index in [2.05, 4.69) is 30.5 Å². The van der Waals surface area contributed by atoms with Crippen LogP contribution in [0.1, 0.15) is 86.2 Å². The Morgan fingerprint density at radius 2 is 1.84 bits per heavy atom. The van der Waals surface area contributed by atoms with Crippen molar-refractivity contribution < 1.29 is 54.4 Å². The van der Waals surface area contributed by atoms with Gasteiger partial charge < -0.3 is 24.8 Å². The third-order valence-electron chi connectivity index (χ3n) is 10.6. The third kappa shape index (κ3) is 8.06. The van der Waals surface area contributed by atoms with Crippen molar-refractivity contribution in [1.82, 2.24) is 35.4 Å². The normalized spacial score (nSPS) is 26.3. The molecule has 56 heavy (non-hydrogen) atoms. The molecule has 4 aliphatic rings. The average Bonchev–Trinajstić information content (AvgIpc) is 3.78. The average molecular weight is 806 g/mol. The molecule has 2 aromatic heterocycles. The first kappa shape index (κ1) is 39.1. The van der Waals surface area contributed by atoms with Gasteiger partial charge in [-0.15, -0.1) is 0 Å². The zero-order valence-corrected chi connectivity index (χ0v) is 30.9. The second kappa shape index (κ2) is 15.1. The quantitative estimate of drug-likeness (QED) is 0.233. The number of nitrogens with zero attached hydrogens (tertiary/aromatic N) is 4. The van der Waals surface area contributed by atoms with Gasteiger partial charge in [0.15, 0.2) is 5.69 Å². The molecule has 5 atom stereocenters. The van der Waals surface area contributed by atoms with Crippen LogP contribution >= 0.6 is 0 Å². The predicted molar refractivity (Wildman–Crippen MR) is 187 cm³/mol. The van der Waals surface area contributed by atoms with E-state index in [1.165, 1.54) is 6.07 Å². The van der Waals surface area contributed by atoms with E-state index < -0.39 is 105 Å². The molecule has 2 aliphatic heterocycles. The van der Waals surface area contributed by atoms with Crippen LogP contribution in [0.3, 0.4) is 0 Å². The van der Waals surface area contributed by atoms with E-state index in [0.717, 1.165) is 23.1 Å². The number of rotatable bonds is 7. The SMILES string of the molecule is Cc1cc(C(=O)NC2CCCCCC=CC3CCC3(C(=O)NS(=O)(=O)C3CC3)NC(=O)C3CC(Oc4nc5cc(F)ccc5nc4C(F)(F)F)CN3C2=O)no1. The van der Waals surface area contributed by atoms with Crippen molar-refractivity contribution in [2.75, 3.05) is 6.54 Å². The largest absolute Gasteiger partial charge is 0.471 e. The molecule has 0 radical (unpaired) electrons. The molecule has 3 N–H and O–H groups in total. The first-order chi connectivity index (χ1) is 26.5. The molecule has 2 aliphatic carbocycles. The van der Waals surface area contributed by atoms with E-state index in [4.69, 9.17) is 9.26 Å². The summed E-state index contributed by atoms with van der Waals surface area (Å²) in [5, 5.41) is 8.36. The lowest BCUT2D eigenvalue weighted by Crippen LogP contribution is -2.70. The summed E-state index contributed by atoms with van der Waals surface area (Å²) in [7, 11) is -4.03. The van der Waals surface area contributed by atoms with Crippen molar-refractivity contribution in [1.29, 1.82) is 0 Å². The molecule has 20 heteroatoms. The van der Waals surface area contributed by atoms with E-state index in [9.17, 15) is 45.2 Å². The second-order valence-electron chi connectivity index (χ2n) is 14.7. The number of amides is 4. The fourth-order valence-corrected chi connectivity index (χ4v) is 8.73. The van der Waals surface area contributed by atoms with Crippen LogP contribution < -0.4 is 20.1 Å². The summed E-state index contributed by atoms with van der Waals surface area (Å²) in [5.74, 6) is -5.40. The fraction of sp³-hybridized carbons (Fsp3) is 0.528. The first-order valence-electron chi connectivity index (χ1n) is 18.3. The number of aryl methyl sites for hydroxylation is 1. The molecule has 3 aromatic rings. The number of aromatic nitrogens is 3. The van der Waals surface area contributed by atoms with Crippen LogP contribution in [-0.4, -0.2) is 87.6 Å². The smallest absolute Gasteiger partial charge is 0.438 e. The molecule has 1 saturated heterocycles. The number of carbonyl (C=O) groups is 4. The molecule has 3 fully saturated rings. The zero-order chi connectivity index (χ0) is 40.0. The van der Waals surface area contributed by atoms with Crippen LogP contribution in [0.4, 0.5) is 17.6 Å². The highest BCUT2D eigenvalue weighted by molar-refractivity contribution is 7.91. The number of alkyl halides is 3. The van der Waals surface area contributed by atoms with E-state index in [0.29, 0.717) is 50.7 Å². The van der Waals surface area contributed by atoms with E-state index in [-0.39, 0.29) is 29.6 Å². The summed E-state index contributed by atoms with van der Waals surface area (Å²) in [5.41, 5.74) is -3.83. The van der Waals surface area contributed by atoms with Crippen molar-refractivity contribution in [3.8, 4) is 5.88 Å². The van der Waals surface area contributed by atoms with Crippen molar-refractivity contribution in [2.45, 2.75) is 106 Å². The molecule has 0 spiro atoms. The number of hydrogen-bond acceptors (Lipinski definition) is 11. The Labute approximate surface area is 318 Å². The van der Waals surface area contributed by atoms with Crippen LogP contribution in [0.5, 0.6) is 5.88 Å². The molecule has 2 saturated carbocycles. The Morgan fingerprint density at radius 1 is 1.05 bits per heavy atom. The molecule has 300 valence electrons. The highest BCUT2D eigenvalue weighted by Crippen LogP contribution is 2.42. The van der Waals surface area contributed by atoms with Crippen LogP contribution in [-0.2, 0) is 30.6 Å². The number of fused-ring (bicyclic) bond motifs is 3. The van der Waals surface area contributed by atoms with Crippen molar-refractivity contribution >= 4 is 44.7 Å². The standard InChI is InChI=1S/C36H39F4N7O8S/c1-19-15-27(45-55-19)30(48)42-25-8-6-4-2-3-5-7-20-13-14-35(20,34(51)46-56(52,53)23-10-11-23)44-31(49)28-17-22(18-47(28)33(25)50)54-32-29(36(38,39)40)41-24-12-9-21(37)16-26(24)43-32/h5,7,9,12,15-16,20,22-23,25,28H,2-4,6,8,10-11,13-14,17-18H2,1H3,(H,42,48)(H,44,49)(H,46,51). The van der Waals surface area contributed by atoms with Crippen molar-refractivity contribution in [3.63, 3.8) is 0 Å². The summed E-state index contributed by atoms with van der Waals surface area (Å²) >= 11 is 0. The minimum absolute atomic E-state index is 0.0638. The lowest BCUT2D eigenvalue weighted by Gasteiger charge is -2.47. The number of ether oxygens (including phenoxy) is 1. The first-order valence-corrected chi connectivity index (χ1v) is 19.9. The Bertz CT molecular complexity index is 2190. The van der Waals surface area contributed by atoms with Gasteiger partial charge in [0, 0.05) is 24.5 Å². The van der Waals surface area contributed by atoms with E-state index >= 15 is 0 Å². The monoisotopic (exact) mass is 805 g/mol. The van der Waals surface area contributed by atoms with Gasteiger partial charge in [0.1, 0.15) is 35.3 Å². The van der Waals surface area contributed by atoms with Crippen LogP contribution in [0.15, 0.2) is 40.9 Å². The maximum atomic E-state index is 14.5. The van der Waals surface area contributed by atoms with Gasteiger partial charge in [-0.3, -0.25) is 23.9 Å². The Kier molecular flexibility index (Phi) is 10.5. The Morgan fingerprint density at radius 3 is 2.52 bits per heavy atom. The molecular formula is C36H39F4N7O8S. The van der Waals surface area contributed by atoms with Crippen LogP contribution in [0.2, 0.25) is 0 Å². The lowest BCUT2D eigenvalue weighted by molar-refractivity contribution is -0.144. The number of benzene rings is 1. The van der Waals surface area contributed by atoms with E-state index in [1.54, 1.807) is 13.0 Å². The van der Waals surface area contributed by atoms with Gasteiger partial charge in [0.25, 0.3) is 11.8 Å².